The van der Waals surface area contributed by atoms with Gasteiger partial charge in [0.2, 0.25) is 5.91 Å². The molecule has 0 unspecified atom stereocenters. The molecule has 2 aliphatic heterocycles. The molecule has 2 saturated heterocycles. The average Bonchev–Trinajstić information content (AvgIpc) is 2.41. The van der Waals surface area contributed by atoms with Crippen molar-refractivity contribution in [3.8, 4) is 0 Å². The smallest absolute Gasteiger partial charge is 0.223 e. The third-order valence-electron chi connectivity index (χ3n) is 3.03. The van der Waals surface area contributed by atoms with Crippen LogP contribution in [0.4, 0.5) is 0 Å². The number of hydrogen-bond acceptors (Lipinski definition) is 2. The van der Waals surface area contributed by atoms with Crippen LogP contribution < -0.4 is 5.32 Å². The lowest BCUT2D eigenvalue weighted by Crippen LogP contribution is -2.59. The van der Waals surface area contributed by atoms with Gasteiger partial charge in [-0.15, -0.1) is 0 Å². The average molecular weight is 183 g/mol. The minimum absolute atomic E-state index is 0.0178. The second-order valence-corrected chi connectivity index (χ2v) is 5.02. The van der Waals surface area contributed by atoms with Gasteiger partial charge in [-0.2, -0.15) is 0 Å². The van der Waals surface area contributed by atoms with E-state index in [-0.39, 0.29) is 23.0 Å². The normalized spacial score (nSPS) is 41.8. The van der Waals surface area contributed by atoms with Crippen molar-refractivity contribution in [3.05, 3.63) is 0 Å². The molecule has 74 valence electrons. The molecule has 1 amide bonds. The lowest BCUT2D eigenvalue weighted by molar-refractivity contribution is -0.126. The van der Waals surface area contributed by atoms with E-state index in [4.69, 9.17) is 4.74 Å². The quantitative estimate of drug-likeness (QED) is 0.695. The highest BCUT2D eigenvalue weighted by atomic mass is 16.5. The molecule has 3 heteroatoms. The maximum atomic E-state index is 11.5. The fourth-order valence-electron chi connectivity index (χ4n) is 2.43. The summed E-state index contributed by atoms with van der Waals surface area (Å²) in [6.45, 7) is 6.64. The van der Waals surface area contributed by atoms with Gasteiger partial charge in [-0.05, 0) is 6.92 Å². The molecule has 0 aromatic heterocycles. The van der Waals surface area contributed by atoms with Crippen molar-refractivity contribution in [1.29, 1.82) is 0 Å². The molecule has 0 spiro atoms. The second kappa shape index (κ2) is 2.47. The SMILES string of the molecule is CC(C)C(=O)NC12COC(C)(C1)C2. The fourth-order valence-corrected chi connectivity index (χ4v) is 2.43. The zero-order chi connectivity index (χ0) is 9.69. The Morgan fingerprint density at radius 1 is 1.46 bits per heavy atom. The predicted octanol–water partition coefficient (Wildman–Crippen LogP) is 1.08. The topological polar surface area (TPSA) is 38.3 Å². The Morgan fingerprint density at radius 3 is 2.46 bits per heavy atom. The molecule has 0 radical (unpaired) electrons. The minimum Gasteiger partial charge on any atom is -0.373 e. The fraction of sp³-hybridized carbons (Fsp3) is 0.900. The molecule has 0 atom stereocenters. The minimum atomic E-state index is -0.0178. The van der Waals surface area contributed by atoms with E-state index in [1.54, 1.807) is 0 Å². The summed E-state index contributed by atoms with van der Waals surface area (Å²) in [4.78, 5) is 11.5. The van der Waals surface area contributed by atoms with Crippen molar-refractivity contribution >= 4 is 5.91 Å². The number of rotatable bonds is 2. The zero-order valence-electron chi connectivity index (χ0n) is 8.52. The van der Waals surface area contributed by atoms with E-state index < -0.39 is 0 Å². The van der Waals surface area contributed by atoms with Crippen LogP contribution in [-0.4, -0.2) is 23.7 Å². The summed E-state index contributed by atoms with van der Waals surface area (Å²) in [5.74, 6) is 0.217. The number of nitrogens with one attached hydrogen (secondary N) is 1. The van der Waals surface area contributed by atoms with Gasteiger partial charge in [-0.25, -0.2) is 0 Å². The number of carbonyl (C=O) groups excluding carboxylic acids is 1. The second-order valence-electron chi connectivity index (χ2n) is 5.02. The van der Waals surface area contributed by atoms with Crippen molar-refractivity contribution in [2.24, 2.45) is 5.92 Å². The molecule has 1 N–H and O–H groups in total. The molecule has 3 rings (SSSR count). The Morgan fingerprint density at radius 2 is 2.08 bits per heavy atom. The lowest BCUT2D eigenvalue weighted by atomic mass is 9.69. The Balaban J connectivity index is 1.94. The van der Waals surface area contributed by atoms with Crippen LogP contribution in [0.3, 0.4) is 0 Å². The summed E-state index contributed by atoms with van der Waals surface area (Å²) in [6, 6.07) is 0. The summed E-state index contributed by atoms with van der Waals surface area (Å²) in [7, 11) is 0. The van der Waals surface area contributed by atoms with Gasteiger partial charge in [-0.1, -0.05) is 13.8 Å². The highest BCUT2D eigenvalue weighted by Crippen LogP contribution is 2.51. The van der Waals surface area contributed by atoms with E-state index >= 15 is 0 Å². The van der Waals surface area contributed by atoms with Crippen LogP contribution in [0.1, 0.15) is 33.6 Å². The number of carbonyl (C=O) groups is 1. The third-order valence-corrected chi connectivity index (χ3v) is 3.03. The molecule has 3 aliphatic rings. The first-order valence-electron chi connectivity index (χ1n) is 4.91. The van der Waals surface area contributed by atoms with Crippen LogP contribution in [0, 0.1) is 5.92 Å². The van der Waals surface area contributed by atoms with Gasteiger partial charge in [0.15, 0.2) is 0 Å². The standard InChI is InChI=1S/C10H17NO2/c1-7(2)8(12)11-10-4-9(3,5-10)13-6-10/h7H,4-6H2,1-3H3,(H,11,12). The Labute approximate surface area is 78.8 Å². The van der Waals surface area contributed by atoms with Crippen LogP contribution >= 0.6 is 0 Å². The summed E-state index contributed by atoms with van der Waals surface area (Å²) in [5.41, 5.74) is 0.0420. The third kappa shape index (κ3) is 1.35. The van der Waals surface area contributed by atoms with Crippen LogP contribution in [0.2, 0.25) is 0 Å². The van der Waals surface area contributed by atoms with Crippen molar-refractivity contribution < 1.29 is 9.53 Å². The summed E-state index contributed by atoms with van der Waals surface area (Å²) < 4.78 is 5.58. The molecular weight excluding hydrogens is 166 g/mol. The van der Waals surface area contributed by atoms with Crippen molar-refractivity contribution in [1.82, 2.24) is 5.32 Å². The highest BCUT2D eigenvalue weighted by Gasteiger charge is 2.60. The Kier molecular flexibility index (Phi) is 1.71. The van der Waals surface area contributed by atoms with E-state index in [0.29, 0.717) is 6.61 Å². The summed E-state index contributed by atoms with van der Waals surface area (Å²) >= 11 is 0. The summed E-state index contributed by atoms with van der Waals surface area (Å²) in [5, 5.41) is 3.08. The lowest BCUT2D eigenvalue weighted by Gasteiger charge is -2.43. The maximum Gasteiger partial charge on any atom is 0.223 e. The molecule has 1 saturated carbocycles. The van der Waals surface area contributed by atoms with Crippen molar-refractivity contribution in [2.45, 2.75) is 44.8 Å². The number of fused-ring (bicyclic) bond motifs is 1. The van der Waals surface area contributed by atoms with E-state index in [0.717, 1.165) is 12.8 Å². The molecule has 0 aromatic rings. The molecule has 2 heterocycles. The molecule has 3 fully saturated rings. The molecular formula is C10H17NO2. The van der Waals surface area contributed by atoms with E-state index in [1.165, 1.54) is 0 Å². The van der Waals surface area contributed by atoms with E-state index in [2.05, 4.69) is 12.2 Å². The van der Waals surface area contributed by atoms with Crippen LogP contribution in [0.15, 0.2) is 0 Å². The van der Waals surface area contributed by atoms with Crippen molar-refractivity contribution in [3.63, 3.8) is 0 Å². The van der Waals surface area contributed by atoms with Gasteiger partial charge in [-0.3, -0.25) is 4.79 Å². The van der Waals surface area contributed by atoms with Crippen LogP contribution in [0.5, 0.6) is 0 Å². The van der Waals surface area contributed by atoms with Gasteiger partial charge < -0.3 is 10.1 Å². The van der Waals surface area contributed by atoms with Gasteiger partial charge in [0, 0.05) is 18.8 Å². The van der Waals surface area contributed by atoms with E-state index in [9.17, 15) is 4.79 Å². The zero-order valence-corrected chi connectivity index (χ0v) is 8.52. The highest BCUT2D eigenvalue weighted by molar-refractivity contribution is 5.79. The van der Waals surface area contributed by atoms with Gasteiger partial charge in [0.25, 0.3) is 0 Å². The first-order chi connectivity index (χ1) is 5.95. The Hall–Kier alpha value is -0.570. The molecule has 0 aromatic carbocycles. The Bertz CT molecular complexity index is 241. The van der Waals surface area contributed by atoms with Gasteiger partial charge in [0.1, 0.15) is 0 Å². The van der Waals surface area contributed by atoms with Gasteiger partial charge >= 0.3 is 0 Å². The maximum absolute atomic E-state index is 11.5. The van der Waals surface area contributed by atoms with Crippen molar-refractivity contribution in [2.75, 3.05) is 6.61 Å². The largest absolute Gasteiger partial charge is 0.373 e. The summed E-state index contributed by atoms with van der Waals surface area (Å²) in [6.07, 6.45) is 1.97. The van der Waals surface area contributed by atoms with Gasteiger partial charge in [0.05, 0.1) is 17.7 Å². The molecule has 2 bridgehead atoms. The first kappa shape index (κ1) is 9.00. The van der Waals surface area contributed by atoms with Crippen LogP contribution in [-0.2, 0) is 9.53 Å². The van der Waals surface area contributed by atoms with Crippen LogP contribution in [0.25, 0.3) is 0 Å². The van der Waals surface area contributed by atoms with E-state index in [1.807, 2.05) is 13.8 Å². The number of ether oxygens (including phenoxy) is 1. The first-order valence-corrected chi connectivity index (χ1v) is 4.91. The number of hydrogen-bond donors (Lipinski definition) is 1. The predicted molar refractivity (Wildman–Crippen MR) is 49.3 cm³/mol. The number of amides is 1. The molecule has 13 heavy (non-hydrogen) atoms. The monoisotopic (exact) mass is 183 g/mol. The molecule has 1 aliphatic carbocycles. The molecule has 3 nitrogen and oxygen atoms in total.